The molecule has 1 fully saturated rings. The van der Waals surface area contributed by atoms with Gasteiger partial charge in [0, 0.05) is 13.1 Å². The van der Waals surface area contributed by atoms with Gasteiger partial charge in [-0.25, -0.2) is 0 Å². The molecule has 0 aromatic heterocycles. The average Bonchev–Trinajstić information content (AvgIpc) is 2.27. The predicted molar refractivity (Wildman–Crippen MR) is 46.3 cm³/mol. The third-order valence-corrected chi connectivity index (χ3v) is 1.89. The van der Waals surface area contributed by atoms with Crippen molar-refractivity contribution in [2.24, 2.45) is 0 Å². The van der Waals surface area contributed by atoms with Crippen LogP contribution in [0.25, 0.3) is 0 Å². The summed E-state index contributed by atoms with van der Waals surface area (Å²) in [5.41, 5.74) is 0.0210. The Hall–Kier alpha value is -2.03. The SMILES string of the molecule is N#CC(C#N)=C(C#N)N1CCOCC1. The standard InChI is InChI=1S/C9H8N4O/c10-5-8(6-11)9(7-12)13-1-3-14-4-2-13/h1-4H2. The Morgan fingerprint density at radius 1 is 1.00 bits per heavy atom. The average molecular weight is 188 g/mol. The van der Waals surface area contributed by atoms with E-state index in [1.54, 1.807) is 17.0 Å². The summed E-state index contributed by atoms with van der Waals surface area (Å²) in [6.07, 6.45) is 0. The van der Waals surface area contributed by atoms with Gasteiger partial charge in [0.05, 0.1) is 13.2 Å². The zero-order valence-electron chi connectivity index (χ0n) is 7.53. The number of rotatable bonds is 1. The molecule has 0 aromatic carbocycles. The lowest BCUT2D eigenvalue weighted by molar-refractivity contribution is 0.0556. The number of hydrogen-bond donors (Lipinski definition) is 0. The van der Waals surface area contributed by atoms with Crippen LogP contribution in [-0.4, -0.2) is 31.2 Å². The van der Waals surface area contributed by atoms with E-state index >= 15 is 0 Å². The van der Waals surface area contributed by atoms with Crippen LogP contribution in [0.1, 0.15) is 0 Å². The molecule has 1 rings (SSSR count). The van der Waals surface area contributed by atoms with E-state index < -0.39 is 0 Å². The van der Waals surface area contributed by atoms with Gasteiger partial charge < -0.3 is 9.64 Å². The van der Waals surface area contributed by atoms with Crippen molar-refractivity contribution in [2.75, 3.05) is 26.3 Å². The van der Waals surface area contributed by atoms with E-state index in [-0.39, 0.29) is 11.3 Å². The third-order valence-electron chi connectivity index (χ3n) is 1.89. The number of allylic oxidation sites excluding steroid dienone is 2. The van der Waals surface area contributed by atoms with Gasteiger partial charge in [0.2, 0.25) is 0 Å². The van der Waals surface area contributed by atoms with Gasteiger partial charge in [-0.15, -0.1) is 0 Å². The Balaban J connectivity index is 2.93. The molecule has 0 amide bonds. The monoisotopic (exact) mass is 188 g/mol. The largest absolute Gasteiger partial charge is 0.378 e. The molecule has 0 aliphatic carbocycles. The van der Waals surface area contributed by atoms with E-state index in [4.69, 9.17) is 20.5 Å². The molecule has 0 bridgehead atoms. The van der Waals surface area contributed by atoms with E-state index in [1.165, 1.54) is 0 Å². The third kappa shape index (κ3) is 2.01. The summed E-state index contributed by atoms with van der Waals surface area (Å²) in [5.74, 6) is 0. The van der Waals surface area contributed by atoms with Gasteiger partial charge in [-0.05, 0) is 0 Å². The molecule has 0 radical (unpaired) electrons. The van der Waals surface area contributed by atoms with Crippen LogP contribution >= 0.6 is 0 Å². The summed E-state index contributed by atoms with van der Waals surface area (Å²) < 4.78 is 5.10. The van der Waals surface area contributed by atoms with E-state index in [0.29, 0.717) is 26.3 Å². The maximum atomic E-state index is 8.82. The van der Waals surface area contributed by atoms with Crippen molar-refractivity contribution < 1.29 is 4.74 Å². The molecular formula is C9H8N4O. The Bertz CT molecular complexity index is 344. The molecular weight excluding hydrogens is 180 g/mol. The lowest BCUT2D eigenvalue weighted by Gasteiger charge is -2.27. The summed E-state index contributed by atoms with van der Waals surface area (Å²) in [6, 6.07) is 5.31. The highest BCUT2D eigenvalue weighted by Crippen LogP contribution is 2.10. The number of morpholine rings is 1. The van der Waals surface area contributed by atoms with Crippen LogP contribution in [0.2, 0.25) is 0 Å². The van der Waals surface area contributed by atoms with Crippen molar-refractivity contribution in [1.29, 1.82) is 15.8 Å². The molecule has 5 heteroatoms. The predicted octanol–water partition coefficient (Wildman–Crippen LogP) is 0.143. The summed E-state index contributed by atoms with van der Waals surface area (Å²) >= 11 is 0. The summed E-state index contributed by atoms with van der Waals surface area (Å²) in [4.78, 5) is 1.70. The molecule has 1 aliphatic rings. The van der Waals surface area contributed by atoms with Crippen molar-refractivity contribution in [3.05, 3.63) is 11.3 Å². The van der Waals surface area contributed by atoms with Crippen LogP contribution in [0.5, 0.6) is 0 Å². The van der Waals surface area contributed by atoms with Crippen molar-refractivity contribution in [3.63, 3.8) is 0 Å². The highest BCUT2D eigenvalue weighted by molar-refractivity contribution is 5.45. The number of nitrogens with zero attached hydrogens (tertiary/aromatic N) is 4. The summed E-state index contributed by atoms with van der Waals surface area (Å²) in [5, 5.41) is 26.1. The second-order valence-electron chi connectivity index (χ2n) is 2.66. The molecule has 0 spiro atoms. The highest BCUT2D eigenvalue weighted by Gasteiger charge is 2.17. The van der Waals surface area contributed by atoms with Crippen molar-refractivity contribution in [2.45, 2.75) is 0 Å². The fraction of sp³-hybridized carbons (Fsp3) is 0.444. The molecule has 1 saturated heterocycles. The Kier molecular flexibility index (Phi) is 3.49. The van der Waals surface area contributed by atoms with Crippen LogP contribution in [0, 0.1) is 34.0 Å². The van der Waals surface area contributed by atoms with Gasteiger partial charge in [-0.3, -0.25) is 0 Å². The molecule has 0 aromatic rings. The zero-order valence-corrected chi connectivity index (χ0v) is 7.53. The Labute approximate surface area is 82.0 Å². The van der Waals surface area contributed by atoms with Crippen LogP contribution in [0.4, 0.5) is 0 Å². The first-order chi connectivity index (χ1) is 6.83. The van der Waals surface area contributed by atoms with E-state index in [9.17, 15) is 0 Å². The minimum Gasteiger partial charge on any atom is -0.378 e. The first-order valence-corrected chi connectivity index (χ1v) is 4.10. The lowest BCUT2D eigenvalue weighted by atomic mass is 10.2. The molecule has 0 saturated carbocycles. The van der Waals surface area contributed by atoms with Crippen LogP contribution in [0.15, 0.2) is 11.3 Å². The normalized spacial score (nSPS) is 14.8. The number of ether oxygens (including phenoxy) is 1. The van der Waals surface area contributed by atoms with Gasteiger partial charge in [0.25, 0.3) is 0 Å². The second-order valence-corrected chi connectivity index (χ2v) is 2.66. The first-order valence-electron chi connectivity index (χ1n) is 4.10. The first kappa shape index (κ1) is 10.1. The second kappa shape index (κ2) is 4.87. The maximum Gasteiger partial charge on any atom is 0.163 e. The van der Waals surface area contributed by atoms with Gasteiger partial charge in [-0.2, -0.15) is 15.8 Å². The van der Waals surface area contributed by atoms with Crippen molar-refractivity contribution >= 4 is 0 Å². The summed E-state index contributed by atoms with van der Waals surface area (Å²) in [7, 11) is 0. The molecule has 0 N–H and O–H groups in total. The van der Waals surface area contributed by atoms with Crippen molar-refractivity contribution in [3.8, 4) is 18.2 Å². The van der Waals surface area contributed by atoms with E-state index in [2.05, 4.69) is 0 Å². The van der Waals surface area contributed by atoms with Crippen LogP contribution in [-0.2, 0) is 4.74 Å². The van der Waals surface area contributed by atoms with Crippen LogP contribution in [0.3, 0.4) is 0 Å². The molecule has 5 nitrogen and oxygen atoms in total. The summed E-state index contributed by atoms with van der Waals surface area (Å²) in [6.45, 7) is 2.15. The highest BCUT2D eigenvalue weighted by atomic mass is 16.5. The van der Waals surface area contributed by atoms with Crippen molar-refractivity contribution in [1.82, 2.24) is 4.90 Å². The van der Waals surface area contributed by atoms with Gasteiger partial charge >= 0.3 is 0 Å². The molecule has 1 heterocycles. The van der Waals surface area contributed by atoms with E-state index in [0.717, 1.165) is 0 Å². The fourth-order valence-electron chi connectivity index (χ4n) is 1.20. The van der Waals surface area contributed by atoms with Gasteiger partial charge in [0.1, 0.15) is 23.9 Å². The molecule has 1 aliphatic heterocycles. The van der Waals surface area contributed by atoms with Gasteiger partial charge in [-0.1, -0.05) is 0 Å². The fourth-order valence-corrected chi connectivity index (χ4v) is 1.20. The molecule has 70 valence electrons. The minimum atomic E-state index is -0.130. The Morgan fingerprint density at radius 3 is 2.00 bits per heavy atom. The quantitative estimate of drug-likeness (QED) is 0.546. The smallest absolute Gasteiger partial charge is 0.163 e. The zero-order chi connectivity index (χ0) is 10.4. The van der Waals surface area contributed by atoms with Gasteiger partial charge in [0.15, 0.2) is 5.57 Å². The van der Waals surface area contributed by atoms with E-state index in [1.807, 2.05) is 6.07 Å². The number of nitriles is 3. The number of hydrogen-bond acceptors (Lipinski definition) is 5. The molecule has 0 unspecified atom stereocenters. The molecule has 0 atom stereocenters. The van der Waals surface area contributed by atoms with Crippen LogP contribution < -0.4 is 0 Å². The Morgan fingerprint density at radius 2 is 1.57 bits per heavy atom. The maximum absolute atomic E-state index is 8.82. The lowest BCUT2D eigenvalue weighted by Crippen LogP contribution is -2.35. The minimum absolute atomic E-state index is 0.130. The molecule has 14 heavy (non-hydrogen) atoms. The topological polar surface area (TPSA) is 83.8 Å².